The molecule has 1 aliphatic carbocycles. The van der Waals surface area contributed by atoms with Crippen LogP contribution in [0.15, 0.2) is 24.3 Å². The number of anilines is 1. The van der Waals surface area contributed by atoms with Crippen molar-refractivity contribution < 1.29 is 0 Å². The number of aromatic nitrogens is 1. The van der Waals surface area contributed by atoms with Gasteiger partial charge in [0.25, 0.3) is 0 Å². The van der Waals surface area contributed by atoms with Gasteiger partial charge in [-0.05, 0) is 63.4 Å². The topological polar surface area (TPSA) is 28.2 Å². The van der Waals surface area contributed by atoms with Gasteiger partial charge in [-0.25, -0.2) is 0 Å². The summed E-state index contributed by atoms with van der Waals surface area (Å²) in [5, 5.41) is 5.04. The van der Waals surface area contributed by atoms with E-state index < -0.39 is 0 Å². The van der Waals surface area contributed by atoms with Crippen molar-refractivity contribution in [3.8, 4) is 0 Å². The Hall–Kier alpha value is -1.32. The summed E-state index contributed by atoms with van der Waals surface area (Å²) in [5.41, 5.74) is 5.28. The van der Waals surface area contributed by atoms with E-state index in [1.165, 1.54) is 54.6 Å². The van der Waals surface area contributed by atoms with Crippen LogP contribution in [0.1, 0.15) is 44.4 Å². The van der Waals surface area contributed by atoms with Crippen LogP contribution in [-0.4, -0.2) is 36.1 Å². The second-order valence-electron chi connectivity index (χ2n) is 6.44. The molecule has 1 aromatic heterocycles. The number of fused-ring (bicyclic) bond motifs is 2. The molecular weight excluding hydrogens is 318 g/mol. The standard InChI is InChI=1S/C20H29N3.ClH/c1-3-23(4-2)15-9-14-21-20-16-10-5-7-12-18(16)22-19-13-8-6-11-17(19)20;/h5,7,10,12H,3-4,6,8-9,11,13-15H2,1-2H3,(H,21,22);1H. The van der Waals surface area contributed by atoms with Crippen LogP contribution in [0.4, 0.5) is 5.69 Å². The van der Waals surface area contributed by atoms with Gasteiger partial charge in [-0.15, -0.1) is 12.4 Å². The molecule has 24 heavy (non-hydrogen) atoms. The zero-order valence-corrected chi connectivity index (χ0v) is 15.8. The number of benzene rings is 1. The molecule has 3 rings (SSSR count). The largest absolute Gasteiger partial charge is 0.384 e. The summed E-state index contributed by atoms with van der Waals surface area (Å²) < 4.78 is 0. The number of para-hydroxylation sites is 1. The zero-order valence-electron chi connectivity index (χ0n) is 15.0. The second kappa shape index (κ2) is 9.24. The van der Waals surface area contributed by atoms with Crippen LogP contribution in [0.2, 0.25) is 0 Å². The molecule has 0 spiro atoms. The van der Waals surface area contributed by atoms with Crippen LogP contribution in [0, 0.1) is 0 Å². The Morgan fingerprint density at radius 3 is 2.62 bits per heavy atom. The summed E-state index contributed by atoms with van der Waals surface area (Å²) in [6, 6.07) is 8.57. The molecule has 0 atom stereocenters. The maximum absolute atomic E-state index is 4.91. The normalized spacial score (nSPS) is 13.6. The number of pyridine rings is 1. The summed E-state index contributed by atoms with van der Waals surface area (Å²) >= 11 is 0. The molecule has 0 radical (unpaired) electrons. The third-order valence-electron chi connectivity index (χ3n) is 5.02. The zero-order chi connectivity index (χ0) is 16.1. The van der Waals surface area contributed by atoms with Crippen LogP contribution in [0.25, 0.3) is 10.9 Å². The van der Waals surface area contributed by atoms with E-state index in [4.69, 9.17) is 4.98 Å². The van der Waals surface area contributed by atoms with E-state index in [-0.39, 0.29) is 12.4 Å². The quantitative estimate of drug-likeness (QED) is 0.737. The average molecular weight is 348 g/mol. The van der Waals surface area contributed by atoms with Gasteiger partial charge in [0.1, 0.15) is 0 Å². The molecule has 3 nitrogen and oxygen atoms in total. The van der Waals surface area contributed by atoms with Crippen molar-refractivity contribution in [1.29, 1.82) is 0 Å². The van der Waals surface area contributed by atoms with Gasteiger partial charge in [0.05, 0.1) is 5.52 Å². The van der Waals surface area contributed by atoms with Crippen molar-refractivity contribution >= 4 is 29.0 Å². The fraction of sp³-hybridized carbons (Fsp3) is 0.550. The smallest absolute Gasteiger partial charge is 0.0726 e. The number of halogens is 1. The van der Waals surface area contributed by atoms with Crippen molar-refractivity contribution in [3.63, 3.8) is 0 Å². The predicted molar refractivity (Wildman–Crippen MR) is 107 cm³/mol. The van der Waals surface area contributed by atoms with Gasteiger partial charge < -0.3 is 10.2 Å². The van der Waals surface area contributed by atoms with E-state index in [9.17, 15) is 0 Å². The highest BCUT2D eigenvalue weighted by atomic mass is 35.5. The summed E-state index contributed by atoms with van der Waals surface area (Å²) in [7, 11) is 0. The molecule has 0 saturated heterocycles. The van der Waals surface area contributed by atoms with Crippen molar-refractivity contribution in [3.05, 3.63) is 35.5 Å². The number of nitrogens with one attached hydrogen (secondary N) is 1. The first-order valence-electron chi connectivity index (χ1n) is 9.20. The van der Waals surface area contributed by atoms with Crippen LogP contribution in [-0.2, 0) is 12.8 Å². The molecule has 0 saturated carbocycles. The lowest BCUT2D eigenvalue weighted by molar-refractivity contribution is 0.303. The van der Waals surface area contributed by atoms with Crippen molar-refractivity contribution in [2.24, 2.45) is 0 Å². The van der Waals surface area contributed by atoms with E-state index in [0.29, 0.717) is 0 Å². The average Bonchev–Trinajstić information content (AvgIpc) is 2.61. The summed E-state index contributed by atoms with van der Waals surface area (Å²) in [6.07, 6.45) is 6.06. The Morgan fingerprint density at radius 1 is 1.08 bits per heavy atom. The third kappa shape index (κ3) is 4.20. The van der Waals surface area contributed by atoms with Crippen molar-refractivity contribution in [2.45, 2.75) is 46.0 Å². The lowest BCUT2D eigenvalue weighted by Gasteiger charge is -2.22. The molecule has 132 valence electrons. The fourth-order valence-corrected chi connectivity index (χ4v) is 3.63. The molecule has 0 fully saturated rings. The molecular formula is C20H30ClN3. The van der Waals surface area contributed by atoms with E-state index in [1.807, 2.05) is 0 Å². The first-order valence-corrected chi connectivity index (χ1v) is 9.20. The fourth-order valence-electron chi connectivity index (χ4n) is 3.63. The Bertz CT molecular complexity index is 653. The third-order valence-corrected chi connectivity index (χ3v) is 5.02. The number of hydrogen-bond acceptors (Lipinski definition) is 3. The van der Waals surface area contributed by atoms with Gasteiger partial charge in [0.2, 0.25) is 0 Å². The summed E-state index contributed by atoms with van der Waals surface area (Å²) in [5.74, 6) is 0. The van der Waals surface area contributed by atoms with E-state index >= 15 is 0 Å². The molecule has 0 bridgehead atoms. The van der Waals surface area contributed by atoms with E-state index in [0.717, 1.165) is 31.6 Å². The minimum atomic E-state index is 0. The Morgan fingerprint density at radius 2 is 1.83 bits per heavy atom. The highest BCUT2D eigenvalue weighted by molar-refractivity contribution is 5.93. The number of aryl methyl sites for hydroxylation is 1. The second-order valence-corrected chi connectivity index (χ2v) is 6.44. The molecule has 2 aromatic rings. The number of rotatable bonds is 7. The van der Waals surface area contributed by atoms with Crippen LogP contribution < -0.4 is 5.32 Å². The minimum Gasteiger partial charge on any atom is -0.384 e. The number of nitrogens with zero attached hydrogens (tertiary/aromatic N) is 2. The predicted octanol–water partition coefficient (Wildman–Crippen LogP) is 4.68. The Labute approximate surface area is 152 Å². The van der Waals surface area contributed by atoms with Crippen LogP contribution in [0.5, 0.6) is 0 Å². The molecule has 0 unspecified atom stereocenters. The summed E-state index contributed by atoms with van der Waals surface area (Å²) in [6.45, 7) is 8.98. The first kappa shape index (κ1) is 19.0. The molecule has 1 N–H and O–H groups in total. The van der Waals surface area contributed by atoms with Gasteiger partial charge in [-0.1, -0.05) is 32.0 Å². The van der Waals surface area contributed by atoms with Crippen LogP contribution in [0.3, 0.4) is 0 Å². The summed E-state index contributed by atoms with van der Waals surface area (Å²) in [4.78, 5) is 7.40. The maximum Gasteiger partial charge on any atom is 0.0726 e. The maximum atomic E-state index is 4.91. The SMILES string of the molecule is CCN(CC)CCCNc1c2c(nc3ccccc13)CCCC2.Cl. The van der Waals surface area contributed by atoms with Gasteiger partial charge in [-0.2, -0.15) is 0 Å². The molecule has 1 aromatic carbocycles. The monoisotopic (exact) mass is 347 g/mol. The highest BCUT2D eigenvalue weighted by Gasteiger charge is 2.17. The Balaban J connectivity index is 0.00000208. The first-order chi connectivity index (χ1) is 11.3. The lowest BCUT2D eigenvalue weighted by atomic mass is 9.92. The molecule has 1 heterocycles. The highest BCUT2D eigenvalue weighted by Crippen LogP contribution is 2.33. The minimum absolute atomic E-state index is 0. The van der Waals surface area contributed by atoms with Gasteiger partial charge in [-0.3, -0.25) is 4.98 Å². The molecule has 0 amide bonds. The molecule has 4 heteroatoms. The lowest BCUT2D eigenvalue weighted by Crippen LogP contribution is -2.25. The molecule has 0 aliphatic heterocycles. The van der Waals surface area contributed by atoms with Gasteiger partial charge >= 0.3 is 0 Å². The van der Waals surface area contributed by atoms with Crippen LogP contribution >= 0.6 is 12.4 Å². The Kier molecular flexibility index (Phi) is 7.32. The van der Waals surface area contributed by atoms with Gasteiger partial charge in [0, 0.05) is 23.3 Å². The van der Waals surface area contributed by atoms with Crippen molar-refractivity contribution in [2.75, 3.05) is 31.5 Å². The molecule has 1 aliphatic rings. The number of hydrogen-bond donors (Lipinski definition) is 1. The van der Waals surface area contributed by atoms with E-state index in [2.05, 4.69) is 48.3 Å². The van der Waals surface area contributed by atoms with Gasteiger partial charge in [0.15, 0.2) is 0 Å². The van der Waals surface area contributed by atoms with E-state index in [1.54, 1.807) is 0 Å². The van der Waals surface area contributed by atoms with Crippen molar-refractivity contribution in [1.82, 2.24) is 9.88 Å².